The minimum absolute atomic E-state index is 0.0412. The van der Waals surface area contributed by atoms with E-state index in [1.165, 1.54) is 0 Å². The Bertz CT molecular complexity index is 566. The van der Waals surface area contributed by atoms with Crippen LogP contribution in [0.25, 0.3) is 0 Å². The van der Waals surface area contributed by atoms with Gasteiger partial charge in [0, 0.05) is 6.54 Å². The number of aryl methyl sites for hydroxylation is 2. The molecule has 1 saturated heterocycles. The molecule has 2 unspecified atom stereocenters. The third kappa shape index (κ3) is 2.54. The second-order valence-corrected chi connectivity index (χ2v) is 5.84. The van der Waals surface area contributed by atoms with E-state index in [1.807, 2.05) is 38.4 Å². The lowest BCUT2D eigenvalue weighted by Gasteiger charge is -2.45. The second kappa shape index (κ2) is 5.50. The fraction of sp³-hybridized carbons (Fsp3) is 0.667. The molecule has 1 fully saturated rings. The SMILES string of the molecule is CCn1nc(C)cc1CN1C(=O)C(C)NC(=O)C1(C)CC. The van der Waals surface area contributed by atoms with Gasteiger partial charge >= 0.3 is 0 Å². The lowest BCUT2D eigenvalue weighted by Crippen LogP contribution is -2.68. The summed E-state index contributed by atoms with van der Waals surface area (Å²) in [6.45, 7) is 10.6. The first kappa shape index (κ1) is 15.5. The number of rotatable bonds is 4. The molecule has 1 aromatic heterocycles. The highest BCUT2D eigenvalue weighted by Crippen LogP contribution is 2.27. The van der Waals surface area contributed by atoms with Gasteiger partial charge in [0.15, 0.2) is 0 Å². The van der Waals surface area contributed by atoms with E-state index >= 15 is 0 Å². The molecule has 0 aliphatic carbocycles. The number of hydrogen-bond acceptors (Lipinski definition) is 3. The normalized spacial score (nSPS) is 26.1. The van der Waals surface area contributed by atoms with E-state index in [1.54, 1.807) is 11.8 Å². The number of carbonyl (C=O) groups excluding carboxylic acids is 2. The van der Waals surface area contributed by atoms with Crippen LogP contribution in [0.5, 0.6) is 0 Å². The minimum Gasteiger partial charge on any atom is -0.343 e. The lowest BCUT2D eigenvalue weighted by molar-refractivity contribution is -0.157. The summed E-state index contributed by atoms with van der Waals surface area (Å²) in [5.74, 6) is -0.128. The van der Waals surface area contributed by atoms with Crippen LogP contribution in [0, 0.1) is 6.92 Å². The maximum absolute atomic E-state index is 12.5. The van der Waals surface area contributed by atoms with Crippen LogP contribution in [0.4, 0.5) is 0 Å². The van der Waals surface area contributed by atoms with Crippen molar-refractivity contribution in [1.82, 2.24) is 20.0 Å². The van der Waals surface area contributed by atoms with Crippen LogP contribution in [-0.4, -0.2) is 38.1 Å². The maximum atomic E-state index is 12.5. The molecule has 0 spiro atoms. The van der Waals surface area contributed by atoms with Crippen molar-refractivity contribution >= 4 is 11.8 Å². The number of aromatic nitrogens is 2. The summed E-state index contributed by atoms with van der Waals surface area (Å²) in [7, 11) is 0. The summed E-state index contributed by atoms with van der Waals surface area (Å²) in [6, 6.07) is 1.50. The van der Waals surface area contributed by atoms with Crippen molar-refractivity contribution in [1.29, 1.82) is 0 Å². The lowest BCUT2D eigenvalue weighted by atomic mass is 9.90. The Morgan fingerprint density at radius 1 is 1.38 bits per heavy atom. The van der Waals surface area contributed by atoms with Gasteiger partial charge in [0.25, 0.3) is 0 Å². The number of carbonyl (C=O) groups is 2. The highest BCUT2D eigenvalue weighted by atomic mass is 16.2. The topological polar surface area (TPSA) is 67.2 Å². The zero-order valence-electron chi connectivity index (χ0n) is 13.4. The Morgan fingerprint density at radius 2 is 2.05 bits per heavy atom. The quantitative estimate of drug-likeness (QED) is 0.907. The molecule has 6 nitrogen and oxygen atoms in total. The van der Waals surface area contributed by atoms with Crippen molar-refractivity contribution in [2.24, 2.45) is 0 Å². The van der Waals surface area contributed by atoms with Crippen LogP contribution in [0.15, 0.2) is 6.07 Å². The molecule has 6 heteroatoms. The summed E-state index contributed by atoms with van der Waals surface area (Å²) < 4.78 is 1.88. The van der Waals surface area contributed by atoms with Gasteiger partial charge in [-0.05, 0) is 40.2 Å². The predicted molar refractivity (Wildman–Crippen MR) is 79.5 cm³/mol. The third-order valence-electron chi connectivity index (χ3n) is 4.36. The van der Waals surface area contributed by atoms with Crippen LogP contribution < -0.4 is 5.32 Å². The average Bonchev–Trinajstić information content (AvgIpc) is 2.81. The minimum atomic E-state index is -0.805. The molecule has 116 valence electrons. The first-order valence-electron chi connectivity index (χ1n) is 7.49. The third-order valence-corrected chi connectivity index (χ3v) is 4.36. The van der Waals surface area contributed by atoms with Gasteiger partial charge in [0.05, 0.1) is 17.9 Å². The van der Waals surface area contributed by atoms with E-state index in [0.29, 0.717) is 13.0 Å². The molecule has 2 heterocycles. The Balaban J connectivity index is 2.37. The number of hydrogen-bond donors (Lipinski definition) is 1. The summed E-state index contributed by atoms with van der Waals surface area (Å²) in [4.78, 5) is 26.6. The highest BCUT2D eigenvalue weighted by molar-refractivity contribution is 5.99. The van der Waals surface area contributed by atoms with E-state index in [4.69, 9.17) is 0 Å². The first-order valence-corrected chi connectivity index (χ1v) is 7.49. The number of nitrogens with zero attached hydrogens (tertiary/aromatic N) is 3. The van der Waals surface area contributed by atoms with Crippen LogP contribution >= 0.6 is 0 Å². The van der Waals surface area contributed by atoms with Crippen molar-refractivity contribution in [3.63, 3.8) is 0 Å². The van der Waals surface area contributed by atoms with Crippen LogP contribution in [0.2, 0.25) is 0 Å². The molecule has 2 atom stereocenters. The van der Waals surface area contributed by atoms with Gasteiger partial charge in [-0.3, -0.25) is 14.3 Å². The second-order valence-electron chi connectivity index (χ2n) is 5.84. The molecule has 0 bridgehead atoms. The largest absolute Gasteiger partial charge is 0.343 e. The van der Waals surface area contributed by atoms with Gasteiger partial charge < -0.3 is 10.2 Å². The van der Waals surface area contributed by atoms with Gasteiger partial charge in [0.1, 0.15) is 11.6 Å². The fourth-order valence-electron chi connectivity index (χ4n) is 2.78. The van der Waals surface area contributed by atoms with Crippen LogP contribution in [-0.2, 0) is 22.7 Å². The van der Waals surface area contributed by atoms with E-state index < -0.39 is 11.6 Å². The number of amides is 2. The molecule has 2 amide bonds. The molecular formula is C15H24N4O2. The zero-order valence-corrected chi connectivity index (χ0v) is 13.4. The van der Waals surface area contributed by atoms with E-state index in [2.05, 4.69) is 10.4 Å². The highest BCUT2D eigenvalue weighted by Gasteiger charge is 2.47. The van der Waals surface area contributed by atoms with Crippen molar-refractivity contribution < 1.29 is 9.59 Å². The smallest absolute Gasteiger partial charge is 0.246 e. The van der Waals surface area contributed by atoms with Crippen LogP contribution in [0.1, 0.15) is 45.5 Å². The number of piperazine rings is 1. The number of nitrogens with one attached hydrogen (secondary N) is 1. The molecule has 2 rings (SSSR count). The van der Waals surface area contributed by atoms with Gasteiger partial charge in [-0.1, -0.05) is 6.92 Å². The Labute approximate surface area is 125 Å². The molecule has 0 aromatic carbocycles. The van der Waals surface area contributed by atoms with Crippen molar-refractivity contribution in [2.45, 2.75) is 65.7 Å². The van der Waals surface area contributed by atoms with Gasteiger partial charge in [-0.15, -0.1) is 0 Å². The van der Waals surface area contributed by atoms with Crippen LogP contribution in [0.3, 0.4) is 0 Å². The first-order chi connectivity index (χ1) is 9.83. The summed E-state index contributed by atoms with van der Waals surface area (Å²) in [5, 5.41) is 7.18. The average molecular weight is 292 g/mol. The van der Waals surface area contributed by atoms with Crippen molar-refractivity contribution in [2.75, 3.05) is 0 Å². The molecular weight excluding hydrogens is 268 g/mol. The monoisotopic (exact) mass is 292 g/mol. The molecule has 0 saturated carbocycles. The maximum Gasteiger partial charge on any atom is 0.246 e. The molecule has 1 aliphatic heterocycles. The summed E-state index contributed by atoms with van der Waals surface area (Å²) >= 11 is 0. The molecule has 1 N–H and O–H groups in total. The summed E-state index contributed by atoms with van der Waals surface area (Å²) in [5.41, 5.74) is 1.08. The molecule has 1 aromatic rings. The summed E-state index contributed by atoms with van der Waals surface area (Å²) in [6.07, 6.45) is 0.580. The Kier molecular flexibility index (Phi) is 4.07. The van der Waals surface area contributed by atoms with Crippen molar-refractivity contribution in [3.8, 4) is 0 Å². The van der Waals surface area contributed by atoms with Gasteiger partial charge in [-0.2, -0.15) is 5.10 Å². The van der Waals surface area contributed by atoms with Crippen molar-refractivity contribution in [3.05, 3.63) is 17.5 Å². The standard InChI is InChI=1S/C15H24N4O2/c1-6-15(5)14(21)16-11(4)13(20)18(15)9-12-8-10(3)17-19(12)7-2/h8,11H,6-7,9H2,1-5H3,(H,16,21). The van der Waals surface area contributed by atoms with E-state index in [0.717, 1.165) is 17.9 Å². The fourth-order valence-corrected chi connectivity index (χ4v) is 2.78. The predicted octanol–water partition coefficient (Wildman–Crippen LogP) is 1.23. The van der Waals surface area contributed by atoms with E-state index in [-0.39, 0.29) is 11.8 Å². The Hall–Kier alpha value is -1.85. The van der Waals surface area contributed by atoms with Gasteiger partial charge in [-0.25, -0.2) is 0 Å². The van der Waals surface area contributed by atoms with Gasteiger partial charge in [0.2, 0.25) is 11.8 Å². The Morgan fingerprint density at radius 3 is 2.62 bits per heavy atom. The molecule has 1 aliphatic rings. The molecule has 0 radical (unpaired) electrons. The zero-order chi connectivity index (χ0) is 15.8. The van der Waals surface area contributed by atoms with E-state index in [9.17, 15) is 9.59 Å². The molecule has 21 heavy (non-hydrogen) atoms.